The molecule has 0 aromatic carbocycles. The zero-order valence-corrected chi connectivity index (χ0v) is 39.7. The summed E-state index contributed by atoms with van der Waals surface area (Å²) < 4.78 is 5.48. The van der Waals surface area contributed by atoms with Gasteiger partial charge in [-0.05, 0) is 32.1 Å². The average Bonchev–Trinajstić information content (AvgIpc) is 3.24. The fourth-order valence-electron chi connectivity index (χ4n) is 8.22. The summed E-state index contributed by atoms with van der Waals surface area (Å²) in [5, 5.41) is 22.9. The number of ether oxygens (including phenoxy) is 1. The summed E-state index contributed by atoms with van der Waals surface area (Å²) in [6, 6.07) is -0.628. The number of carbonyl (C=O) groups is 2. The highest BCUT2D eigenvalue weighted by atomic mass is 16.5. The molecule has 6 nitrogen and oxygen atoms in total. The summed E-state index contributed by atoms with van der Waals surface area (Å²) in [4.78, 5) is 24.4. The van der Waals surface area contributed by atoms with Crippen molar-refractivity contribution in [2.24, 2.45) is 0 Å². The molecule has 0 aliphatic carbocycles. The summed E-state index contributed by atoms with van der Waals surface area (Å²) in [5.74, 6) is -0.0676. The van der Waals surface area contributed by atoms with Crippen LogP contribution in [0.3, 0.4) is 0 Å². The Balaban J connectivity index is 3.38. The molecule has 350 valence electrons. The third kappa shape index (κ3) is 45.9. The van der Waals surface area contributed by atoms with Gasteiger partial charge >= 0.3 is 5.97 Å². The number of aliphatic hydroxyl groups is 2. The van der Waals surface area contributed by atoms with Crippen molar-refractivity contribution >= 4 is 11.9 Å². The van der Waals surface area contributed by atoms with Gasteiger partial charge in [0.05, 0.1) is 25.4 Å². The van der Waals surface area contributed by atoms with Crippen LogP contribution < -0.4 is 5.32 Å². The van der Waals surface area contributed by atoms with E-state index >= 15 is 0 Å². The first-order valence-corrected chi connectivity index (χ1v) is 26.5. The van der Waals surface area contributed by atoms with Gasteiger partial charge in [-0.2, -0.15) is 0 Å². The first-order valence-electron chi connectivity index (χ1n) is 26.5. The molecule has 2 unspecified atom stereocenters. The molecule has 59 heavy (non-hydrogen) atoms. The minimum absolute atomic E-state index is 0.00769. The second-order valence-corrected chi connectivity index (χ2v) is 18.2. The number of allylic oxidation sites excluding steroid dienone is 1. The van der Waals surface area contributed by atoms with E-state index < -0.39 is 12.1 Å². The summed E-state index contributed by atoms with van der Waals surface area (Å²) in [6.45, 7) is 4.87. The van der Waals surface area contributed by atoms with Gasteiger partial charge < -0.3 is 20.3 Å². The van der Waals surface area contributed by atoms with E-state index in [-0.39, 0.29) is 18.5 Å². The largest absolute Gasteiger partial charge is 0.466 e. The van der Waals surface area contributed by atoms with Crippen LogP contribution in [0.25, 0.3) is 0 Å². The lowest BCUT2D eigenvalue weighted by Crippen LogP contribution is -2.45. The molecular formula is C53H103NO5. The predicted molar refractivity (Wildman–Crippen MR) is 255 cm³/mol. The van der Waals surface area contributed by atoms with Gasteiger partial charge in [-0.1, -0.05) is 257 Å². The first kappa shape index (κ1) is 57.6. The maximum absolute atomic E-state index is 12.4. The lowest BCUT2D eigenvalue weighted by atomic mass is 10.0. The third-order valence-corrected chi connectivity index (χ3v) is 12.3. The predicted octanol–water partition coefficient (Wildman–Crippen LogP) is 15.7. The van der Waals surface area contributed by atoms with E-state index in [0.717, 1.165) is 38.5 Å². The smallest absolute Gasteiger partial charge is 0.305 e. The third-order valence-electron chi connectivity index (χ3n) is 12.3. The Hall–Kier alpha value is -1.40. The van der Waals surface area contributed by atoms with Crippen molar-refractivity contribution in [3.8, 4) is 0 Å². The van der Waals surface area contributed by atoms with Gasteiger partial charge in [0.1, 0.15) is 0 Å². The maximum Gasteiger partial charge on any atom is 0.305 e. The molecule has 1 amide bonds. The Labute approximate surface area is 368 Å². The van der Waals surface area contributed by atoms with Crippen LogP contribution in [0.5, 0.6) is 0 Å². The first-order chi connectivity index (χ1) is 29.0. The highest BCUT2D eigenvalue weighted by Crippen LogP contribution is 2.17. The monoisotopic (exact) mass is 834 g/mol. The minimum atomic E-state index is -0.844. The second kappa shape index (κ2) is 49.3. The van der Waals surface area contributed by atoms with E-state index in [1.165, 1.54) is 225 Å². The van der Waals surface area contributed by atoms with Crippen LogP contribution in [0, 0.1) is 0 Å². The number of aliphatic hydroxyl groups excluding tert-OH is 2. The molecule has 0 aliphatic rings. The Bertz CT molecular complexity index is 878. The van der Waals surface area contributed by atoms with Gasteiger partial charge in [-0.3, -0.25) is 9.59 Å². The number of hydrogen-bond acceptors (Lipinski definition) is 5. The van der Waals surface area contributed by atoms with Crippen LogP contribution in [0.15, 0.2) is 12.2 Å². The SMILES string of the molecule is CCCCCCCCC/C=C/C(O)C(CO)NC(=O)CCCCCCCCCCCCCCCCCCCOC(=O)CCCCCCCCCCCCCCCCCC. The topological polar surface area (TPSA) is 95.9 Å². The number of esters is 1. The van der Waals surface area contributed by atoms with Crippen molar-refractivity contribution in [1.82, 2.24) is 5.32 Å². The summed E-state index contributed by atoms with van der Waals surface area (Å²) in [5.41, 5.74) is 0. The van der Waals surface area contributed by atoms with Gasteiger partial charge in [-0.25, -0.2) is 0 Å². The molecular weight excluding hydrogens is 731 g/mol. The van der Waals surface area contributed by atoms with Crippen LogP contribution in [0.2, 0.25) is 0 Å². The van der Waals surface area contributed by atoms with Gasteiger partial charge in [0.25, 0.3) is 0 Å². The Morgan fingerprint density at radius 2 is 0.780 bits per heavy atom. The molecule has 0 aromatic heterocycles. The van der Waals surface area contributed by atoms with E-state index in [2.05, 4.69) is 19.2 Å². The number of carbonyl (C=O) groups excluding carboxylic acids is 2. The molecule has 3 N–H and O–H groups in total. The average molecular weight is 834 g/mol. The number of rotatable bonds is 49. The number of unbranched alkanes of at least 4 members (excludes halogenated alkanes) is 38. The lowest BCUT2D eigenvalue weighted by molar-refractivity contribution is -0.143. The van der Waals surface area contributed by atoms with Crippen molar-refractivity contribution in [3.63, 3.8) is 0 Å². The van der Waals surface area contributed by atoms with E-state index in [9.17, 15) is 19.8 Å². The minimum Gasteiger partial charge on any atom is -0.466 e. The molecule has 0 fully saturated rings. The van der Waals surface area contributed by atoms with Crippen LogP contribution in [0.4, 0.5) is 0 Å². The molecule has 0 radical (unpaired) electrons. The summed E-state index contributed by atoms with van der Waals surface area (Å²) >= 11 is 0. The Morgan fingerprint density at radius 3 is 1.15 bits per heavy atom. The quantitative estimate of drug-likeness (QED) is 0.0322. The standard InChI is InChI=1S/C53H103NO5/c1-3-5-7-9-11-13-14-15-16-21-24-27-31-35-39-43-47-53(58)59-48-44-40-36-32-28-25-22-19-17-18-20-23-26-30-34-38-42-46-52(57)54-50(49-55)51(56)45-41-37-33-29-12-10-8-6-4-2/h41,45,50-51,55-56H,3-40,42-44,46-49H2,1-2H3,(H,54,57)/b45-41+. The fourth-order valence-corrected chi connectivity index (χ4v) is 8.22. The number of nitrogens with one attached hydrogen (secondary N) is 1. The Kier molecular flexibility index (Phi) is 48.1. The van der Waals surface area contributed by atoms with Gasteiger partial charge in [-0.15, -0.1) is 0 Å². The molecule has 0 spiro atoms. The van der Waals surface area contributed by atoms with Crippen molar-refractivity contribution in [2.75, 3.05) is 13.2 Å². The summed E-state index contributed by atoms with van der Waals surface area (Å²) in [7, 11) is 0. The van der Waals surface area contributed by atoms with E-state index in [1.807, 2.05) is 6.08 Å². The van der Waals surface area contributed by atoms with Crippen molar-refractivity contribution in [1.29, 1.82) is 0 Å². The molecule has 6 heteroatoms. The number of amides is 1. The Morgan fingerprint density at radius 1 is 0.458 bits per heavy atom. The number of hydrogen-bond donors (Lipinski definition) is 3. The normalized spacial score (nSPS) is 12.7. The van der Waals surface area contributed by atoms with Crippen LogP contribution in [-0.2, 0) is 14.3 Å². The molecule has 0 saturated heterocycles. The fraction of sp³-hybridized carbons (Fsp3) is 0.925. The van der Waals surface area contributed by atoms with Crippen molar-refractivity contribution in [2.45, 2.75) is 302 Å². The lowest BCUT2D eigenvalue weighted by Gasteiger charge is -2.20. The molecule has 2 atom stereocenters. The van der Waals surface area contributed by atoms with Gasteiger partial charge in [0.2, 0.25) is 5.91 Å². The molecule has 0 rings (SSSR count). The van der Waals surface area contributed by atoms with E-state index in [0.29, 0.717) is 19.4 Å². The van der Waals surface area contributed by atoms with E-state index in [4.69, 9.17) is 4.74 Å². The molecule has 0 saturated carbocycles. The van der Waals surface area contributed by atoms with Crippen LogP contribution in [-0.4, -0.2) is 47.4 Å². The van der Waals surface area contributed by atoms with Crippen molar-refractivity contribution < 1.29 is 24.5 Å². The zero-order valence-electron chi connectivity index (χ0n) is 39.7. The second-order valence-electron chi connectivity index (χ2n) is 18.2. The summed E-state index contributed by atoms with van der Waals surface area (Å²) in [6.07, 6.45) is 56.5. The van der Waals surface area contributed by atoms with E-state index in [1.54, 1.807) is 6.08 Å². The van der Waals surface area contributed by atoms with Crippen LogP contribution >= 0.6 is 0 Å². The highest BCUT2D eigenvalue weighted by Gasteiger charge is 2.18. The van der Waals surface area contributed by atoms with Crippen molar-refractivity contribution in [3.05, 3.63) is 12.2 Å². The molecule has 0 bridgehead atoms. The molecule has 0 aromatic rings. The molecule has 0 heterocycles. The highest BCUT2D eigenvalue weighted by molar-refractivity contribution is 5.76. The van der Waals surface area contributed by atoms with Gasteiger partial charge in [0, 0.05) is 12.8 Å². The maximum atomic E-state index is 12.4. The van der Waals surface area contributed by atoms with Gasteiger partial charge in [0.15, 0.2) is 0 Å². The zero-order chi connectivity index (χ0) is 43.0. The van der Waals surface area contributed by atoms with Crippen LogP contribution in [0.1, 0.15) is 290 Å². The molecule has 0 aliphatic heterocycles.